The highest BCUT2D eigenvalue weighted by molar-refractivity contribution is 7.92. The summed E-state index contributed by atoms with van der Waals surface area (Å²) in [7, 11) is -6.38. The van der Waals surface area contributed by atoms with Crippen molar-refractivity contribution in [2.45, 2.75) is 31.6 Å². The van der Waals surface area contributed by atoms with Gasteiger partial charge in [0, 0.05) is 10.8 Å². The lowest BCUT2D eigenvalue weighted by molar-refractivity contribution is 0.136. The van der Waals surface area contributed by atoms with Crippen LogP contribution in [-0.4, -0.2) is 24.5 Å². The monoisotopic (exact) mass is 229 g/mol. The smallest absolute Gasteiger partial charge is 0.226 e. The van der Waals surface area contributed by atoms with E-state index in [0.717, 1.165) is 6.26 Å². The van der Waals surface area contributed by atoms with Crippen molar-refractivity contribution in [2.24, 2.45) is 0 Å². The molecular weight excluding hydrogens is 215 g/mol. The molecule has 0 fully saturated rings. The zero-order valence-corrected chi connectivity index (χ0v) is 9.56. The van der Waals surface area contributed by atoms with Gasteiger partial charge in [0.1, 0.15) is 0 Å². The van der Waals surface area contributed by atoms with Gasteiger partial charge in [-0.25, -0.2) is 8.42 Å². The Morgan fingerprint density at radius 1 is 1.38 bits per heavy atom. The van der Waals surface area contributed by atoms with E-state index in [-0.39, 0.29) is 12.8 Å². The molecule has 1 unspecified atom stereocenters. The summed E-state index contributed by atoms with van der Waals surface area (Å²) in [6, 6.07) is 0. The van der Waals surface area contributed by atoms with E-state index in [1.165, 1.54) is 0 Å². The third kappa shape index (κ3) is 2.98. The molecule has 0 aromatic heterocycles. The molecule has 1 N–H and O–H groups in total. The van der Waals surface area contributed by atoms with Crippen LogP contribution in [0.25, 0.3) is 0 Å². The Morgan fingerprint density at radius 2 is 1.77 bits per heavy atom. The number of hydrogen-bond donors (Lipinski definition) is 1. The number of sulfone groups is 1. The Balaban J connectivity index is 5.04. The summed E-state index contributed by atoms with van der Waals surface area (Å²) in [5.74, 6) is 0. The highest BCUT2D eigenvalue weighted by atomic mass is 32.2. The summed E-state index contributed by atoms with van der Waals surface area (Å²) < 4.78 is 37.6. The molecule has 0 aliphatic rings. The lowest BCUT2D eigenvalue weighted by atomic mass is 10.2. The first kappa shape index (κ1) is 13.0. The van der Waals surface area contributed by atoms with E-state index < -0.39 is 23.0 Å². The lowest BCUT2D eigenvalue weighted by Crippen LogP contribution is -2.37. The van der Waals surface area contributed by atoms with Crippen molar-refractivity contribution in [1.29, 1.82) is 0 Å². The van der Waals surface area contributed by atoms with Crippen LogP contribution in [0.15, 0.2) is 0 Å². The minimum Gasteiger partial charge on any atom is -0.226 e. The SMILES string of the molecule is CCC(CC)(O[P+](=O)O)S(C)(=O)=O. The van der Waals surface area contributed by atoms with E-state index in [1.54, 1.807) is 13.8 Å². The van der Waals surface area contributed by atoms with Crippen LogP contribution in [0.4, 0.5) is 0 Å². The fourth-order valence-corrected chi connectivity index (χ4v) is 3.44. The molecule has 0 amide bonds. The van der Waals surface area contributed by atoms with E-state index in [4.69, 9.17) is 4.89 Å². The minimum absolute atomic E-state index is 0.157. The van der Waals surface area contributed by atoms with Crippen molar-refractivity contribution >= 4 is 18.1 Å². The van der Waals surface area contributed by atoms with Crippen molar-refractivity contribution < 1.29 is 22.4 Å². The molecule has 78 valence electrons. The molecule has 0 bridgehead atoms. The van der Waals surface area contributed by atoms with Crippen LogP contribution < -0.4 is 0 Å². The second kappa shape index (κ2) is 4.46. The predicted molar refractivity (Wildman–Crippen MR) is 49.1 cm³/mol. The maximum atomic E-state index is 11.3. The van der Waals surface area contributed by atoms with Gasteiger partial charge in [-0.1, -0.05) is 18.4 Å². The molecule has 7 heteroatoms. The highest BCUT2D eigenvalue weighted by Gasteiger charge is 2.46. The molecule has 13 heavy (non-hydrogen) atoms. The van der Waals surface area contributed by atoms with Crippen LogP contribution in [0, 0.1) is 0 Å². The van der Waals surface area contributed by atoms with Crippen LogP contribution in [0.1, 0.15) is 26.7 Å². The quantitative estimate of drug-likeness (QED) is 0.717. The molecule has 0 heterocycles. The van der Waals surface area contributed by atoms with Crippen molar-refractivity contribution in [1.82, 2.24) is 0 Å². The Labute approximate surface area is 79.0 Å². The summed E-state index contributed by atoms with van der Waals surface area (Å²) in [5, 5.41) is 0. The first-order chi connectivity index (χ1) is 5.79. The van der Waals surface area contributed by atoms with Crippen molar-refractivity contribution in [3.63, 3.8) is 0 Å². The van der Waals surface area contributed by atoms with Gasteiger partial charge in [-0.15, -0.1) is 4.89 Å². The second-order valence-corrected chi connectivity index (χ2v) is 5.67. The van der Waals surface area contributed by atoms with Gasteiger partial charge in [0.15, 0.2) is 9.84 Å². The third-order valence-corrected chi connectivity index (χ3v) is 4.64. The molecule has 0 saturated heterocycles. The van der Waals surface area contributed by atoms with Crippen molar-refractivity contribution in [3.05, 3.63) is 0 Å². The van der Waals surface area contributed by atoms with Gasteiger partial charge >= 0.3 is 8.25 Å². The van der Waals surface area contributed by atoms with Gasteiger partial charge in [-0.3, -0.25) is 0 Å². The van der Waals surface area contributed by atoms with Gasteiger partial charge < -0.3 is 0 Å². The van der Waals surface area contributed by atoms with E-state index in [2.05, 4.69) is 4.52 Å². The predicted octanol–water partition coefficient (Wildman–Crippen LogP) is 1.21. The Kier molecular flexibility index (Phi) is 4.45. The topological polar surface area (TPSA) is 80.7 Å². The first-order valence-electron chi connectivity index (χ1n) is 3.84. The maximum absolute atomic E-state index is 11.3. The Morgan fingerprint density at radius 3 is 1.85 bits per heavy atom. The molecule has 1 atom stereocenters. The summed E-state index contributed by atoms with van der Waals surface area (Å²) in [6.45, 7) is 3.20. The van der Waals surface area contributed by atoms with Crippen LogP contribution in [0.5, 0.6) is 0 Å². The zero-order chi connectivity index (χ0) is 10.7. The van der Waals surface area contributed by atoms with Gasteiger partial charge in [0.2, 0.25) is 4.93 Å². The van der Waals surface area contributed by atoms with E-state index in [9.17, 15) is 13.0 Å². The van der Waals surface area contributed by atoms with E-state index >= 15 is 0 Å². The molecular formula is C6H14O5PS+. The summed E-state index contributed by atoms with van der Waals surface area (Å²) in [6.07, 6.45) is 1.31. The van der Waals surface area contributed by atoms with Crippen LogP contribution in [-0.2, 0) is 18.9 Å². The van der Waals surface area contributed by atoms with Gasteiger partial charge in [0.05, 0.1) is 0 Å². The average Bonchev–Trinajstić information content (AvgIpc) is 1.97. The van der Waals surface area contributed by atoms with Gasteiger partial charge in [0.25, 0.3) is 0 Å². The van der Waals surface area contributed by atoms with Crippen molar-refractivity contribution in [2.75, 3.05) is 6.26 Å². The van der Waals surface area contributed by atoms with Crippen LogP contribution >= 0.6 is 8.25 Å². The standard InChI is InChI=1S/C6H13O5PS/c1-4-6(5-2,11-12(7)8)13(3,9)10/h4-5H2,1-3H3/p+1. The number of hydrogen-bond acceptors (Lipinski definition) is 4. The molecule has 0 rings (SSSR count). The lowest BCUT2D eigenvalue weighted by Gasteiger charge is -2.21. The fraction of sp³-hybridized carbons (Fsp3) is 1.00. The maximum Gasteiger partial charge on any atom is 0.696 e. The molecule has 0 aliphatic heterocycles. The zero-order valence-electron chi connectivity index (χ0n) is 7.85. The molecule has 0 aliphatic carbocycles. The van der Waals surface area contributed by atoms with E-state index in [1.807, 2.05) is 0 Å². The Bertz CT molecular complexity index is 279. The molecule has 0 radical (unpaired) electrons. The molecule has 0 saturated carbocycles. The fourth-order valence-electron chi connectivity index (χ4n) is 1.11. The van der Waals surface area contributed by atoms with Gasteiger partial charge in [-0.05, 0) is 12.8 Å². The highest BCUT2D eigenvalue weighted by Crippen LogP contribution is 2.35. The average molecular weight is 229 g/mol. The Hall–Kier alpha value is -0.0300. The van der Waals surface area contributed by atoms with E-state index in [0.29, 0.717) is 0 Å². The molecule has 0 spiro atoms. The minimum atomic E-state index is -3.49. The largest absolute Gasteiger partial charge is 0.696 e. The molecule has 0 aromatic carbocycles. The summed E-state index contributed by atoms with van der Waals surface area (Å²) in [4.78, 5) is 7.02. The second-order valence-electron chi connectivity index (χ2n) is 2.72. The summed E-state index contributed by atoms with van der Waals surface area (Å²) >= 11 is 0. The third-order valence-electron chi connectivity index (χ3n) is 2.00. The molecule has 0 aromatic rings. The van der Waals surface area contributed by atoms with Crippen LogP contribution in [0.2, 0.25) is 0 Å². The number of rotatable bonds is 5. The normalized spacial score (nSPS) is 14.3. The van der Waals surface area contributed by atoms with Crippen molar-refractivity contribution in [3.8, 4) is 0 Å². The van der Waals surface area contributed by atoms with Gasteiger partial charge in [-0.2, -0.15) is 0 Å². The van der Waals surface area contributed by atoms with Crippen LogP contribution in [0.3, 0.4) is 0 Å². The molecule has 5 nitrogen and oxygen atoms in total. The first-order valence-corrected chi connectivity index (χ1v) is 6.86. The summed E-state index contributed by atoms with van der Waals surface area (Å²) in [5.41, 5.74) is 0.